The van der Waals surface area contributed by atoms with E-state index in [2.05, 4.69) is 5.10 Å². The van der Waals surface area contributed by atoms with E-state index in [0.29, 0.717) is 33.1 Å². The Morgan fingerprint density at radius 3 is 2.56 bits per heavy atom. The van der Waals surface area contributed by atoms with E-state index in [1.807, 2.05) is 0 Å². The number of aromatic nitrogens is 2. The van der Waals surface area contributed by atoms with Gasteiger partial charge in [0.05, 0.1) is 22.5 Å². The highest BCUT2D eigenvalue weighted by Gasteiger charge is 2.36. The van der Waals surface area contributed by atoms with Gasteiger partial charge in [0.2, 0.25) is 0 Å². The maximum absolute atomic E-state index is 13.4. The highest BCUT2D eigenvalue weighted by Crippen LogP contribution is 2.36. The van der Waals surface area contributed by atoms with E-state index in [-0.39, 0.29) is 27.2 Å². The molecule has 2 aromatic carbocycles. The summed E-state index contributed by atoms with van der Waals surface area (Å²) in [5.74, 6) is -2.06. The van der Waals surface area contributed by atoms with Crippen LogP contribution in [0.3, 0.4) is 0 Å². The second-order valence-electron chi connectivity index (χ2n) is 7.19. The van der Waals surface area contributed by atoms with Crippen LogP contribution in [-0.2, 0) is 22.3 Å². The van der Waals surface area contributed by atoms with Gasteiger partial charge in [-0.2, -0.15) is 18.3 Å². The van der Waals surface area contributed by atoms with E-state index >= 15 is 0 Å². The molecule has 0 radical (unpaired) electrons. The van der Waals surface area contributed by atoms with Crippen molar-refractivity contribution in [3.8, 4) is 0 Å². The number of carboxylic acids is 1. The van der Waals surface area contributed by atoms with Crippen molar-refractivity contribution in [1.82, 2.24) is 14.7 Å². The number of thioether (sulfide) groups is 1. The molecule has 1 saturated heterocycles. The zero-order valence-electron chi connectivity index (χ0n) is 16.8. The molecule has 3 aromatic rings. The van der Waals surface area contributed by atoms with Crippen LogP contribution in [0, 0.1) is 0 Å². The summed E-state index contributed by atoms with van der Waals surface area (Å²) in [5, 5.41) is 12.7. The number of alkyl halides is 3. The molecule has 176 valence electrons. The fraction of sp³-hybridized carbons (Fsp3) is 0.143. The molecule has 1 aliphatic rings. The zero-order chi connectivity index (χ0) is 24.8. The molecule has 0 aliphatic carbocycles. The molecule has 4 rings (SSSR count). The molecule has 2 amide bonds. The Bertz CT molecular complexity index is 1390. The van der Waals surface area contributed by atoms with Crippen LogP contribution in [0.15, 0.2) is 41.3 Å². The summed E-state index contributed by atoms with van der Waals surface area (Å²) in [6, 6.07) is 8.20. The predicted octanol–water partition coefficient (Wildman–Crippen LogP) is 5.53. The molecule has 34 heavy (non-hydrogen) atoms. The average Bonchev–Trinajstić information content (AvgIpc) is 3.19. The molecule has 7 nitrogen and oxygen atoms in total. The topological polar surface area (TPSA) is 92.5 Å². The minimum absolute atomic E-state index is 0.0325. The van der Waals surface area contributed by atoms with Gasteiger partial charge in [-0.15, -0.1) is 0 Å². The van der Waals surface area contributed by atoms with Crippen LogP contribution < -0.4 is 0 Å². The van der Waals surface area contributed by atoms with Gasteiger partial charge in [0, 0.05) is 10.4 Å². The molecule has 0 atom stereocenters. The maximum Gasteiger partial charge on any atom is 0.416 e. The quantitative estimate of drug-likeness (QED) is 0.436. The Labute approximate surface area is 203 Å². The van der Waals surface area contributed by atoms with E-state index in [9.17, 15) is 27.6 Å². The Kier molecular flexibility index (Phi) is 6.36. The van der Waals surface area contributed by atoms with Crippen molar-refractivity contribution < 1.29 is 32.7 Å². The summed E-state index contributed by atoms with van der Waals surface area (Å²) in [6.45, 7) is -0.965. The van der Waals surface area contributed by atoms with E-state index in [1.165, 1.54) is 22.9 Å². The van der Waals surface area contributed by atoms with E-state index in [4.69, 9.17) is 28.3 Å². The van der Waals surface area contributed by atoms with Crippen molar-refractivity contribution in [3.05, 3.63) is 68.2 Å². The van der Waals surface area contributed by atoms with Gasteiger partial charge in [0.15, 0.2) is 5.15 Å². The number of imide groups is 1. The molecule has 0 bridgehead atoms. The van der Waals surface area contributed by atoms with E-state index in [0.717, 1.165) is 6.07 Å². The van der Waals surface area contributed by atoms with Gasteiger partial charge in [0.1, 0.15) is 6.54 Å². The third kappa shape index (κ3) is 4.77. The molecule has 0 saturated carbocycles. The van der Waals surface area contributed by atoms with Crippen LogP contribution in [0.1, 0.15) is 16.7 Å². The lowest BCUT2D eigenvalue weighted by atomic mass is 10.1. The first-order chi connectivity index (χ1) is 15.9. The highest BCUT2D eigenvalue weighted by atomic mass is 35.5. The Hall–Kier alpha value is -3.02. The summed E-state index contributed by atoms with van der Waals surface area (Å²) < 4.78 is 41.6. The second-order valence-corrected chi connectivity index (χ2v) is 8.97. The lowest BCUT2D eigenvalue weighted by Gasteiger charge is -2.14. The van der Waals surface area contributed by atoms with Crippen LogP contribution in [-0.4, -0.2) is 43.4 Å². The largest absolute Gasteiger partial charge is 0.480 e. The normalized spacial score (nSPS) is 15.7. The lowest BCUT2D eigenvalue weighted by molar-refractivity contribution is -0.140. The molecule has 1 N–H and O–H groups in total. The van der Waals surface area contributed by atoms with Crippen molar-refractivity contribution in [2.45, 2.75) is 12.7 Å². The first kappa shape index (κ1) is 24.1. The van der Waals surface area contributed by atoms with Crippen molar-refractivity contribution in [1.29, 1.82) is 0 Å². The van der Waals surface area contributed by atoms with Gasteiger partial charge in [-0.1, -0.05) is 35.3 Å². The molecule has 2 heterocycles. The van der Waals surface area contributed by atoms with Gasteiger partial charge in [0.25, 0.3) is 11.1 Å². The number of fused-ring (bicyclic) bond motifs is 1. The number of halogens is 5. The van der Waals surface area contributed by atoms with Crippen LogP contribution in [0.2, 0.25) is 10.2 Å². The van der Waals surface area contributed by atoms with Crippen molar-refractivity contribution in [2.75, 3.05) is 6.54 Å². The number of carbonyl (C=O) groups is 3. The number of benzene rings is 2. The number of aliphatic carboxylic acids is 1. The number of amides is 2. The van der Waals surface area contributed by atoms with Gasteiger partial charge in [-0.05, 0) is 53.2 Å². The van der Waals surface area contributed by atoms with Crippen molar-refractivity contribution in [2.24, 2.45) is 0 Å². The average molecular weight is 530 g/mol. The third-order valence-corrected chi connectivity index (χ3v) is 6.31. The number of hydrogen-bond donors (Lipinski definition) is 1. The molecule has 0 unspecified atom stereocenters. The monoisotopic (exact) mass is 529 g/mol. The zero-order valence-corrected chi connectivity index (χ0v) is 19.1. The van der Waals surface area contributed by atoms with Crippen LogP contribution in [0.4, 0.5) is 18.0 Å². The number of carbonyl (C=O) groups excluding carboxylic acids is 2. The Morgan fingerprint density at radius 2 is 1.88 bits per heavy atom. The number of nitrogens with zero attached hydrogens (tertiary/aromatic N) is 3. The van der Waals surface area contributed by atoms with Gasteiger partial charge in [-0.25, -0.2) is 0 Å². The van der Waals surface area contributed by atoms with Crippen LogP contribution in [0.25, 0.3) is 17.0 Å². The first-order valence-electron chi connectivity index (χ1n) is 9.43. The number of hydrogen-bond acceptors (Lipinski definition) is 5. The standard InChI is InChI=1S/C21H12Cl2F3N3O4S/c22-12-3-2-11(14(7-12)21(24,25)26)8-29-15-4-1-10(5-13(15)18(23)27-29)6-16-19(32)28(9-17(30)31)20(33)34-16/h1-7H,8-9H2,(H,30,31)/b16-6-. The summed E-state index contributed by atoms with van der Waals surface area (Å²) in [7, 11) is 0. The summed E-state index contributed by atoms with van der Waals surface area (Å²) >= 11 is 12.6. The predicted molar refractivity (Wildman–Crippen MR) is 121 cm³/mol. The molecule has 1 aromatic heterocycles. The fourth-order valence-electron chi connectivity index (χ4n) is 3.40. The molecular weight excluding hydrogens is 518 g/mol. The van der Waals surface area contributed by atoms with Gasteiger partial charge >= 0.3 is 12.1 Å². The minimum Gasteiger partial charge on any atom is -0.480 e. The second kappa shape index (κ2) is 8.97. The number of rotatable bonds is 5. The lowest BCUT2D eigenvalue weighted by Crippen LogP contribution is -2.33. The molecule has 1 aliphatic heterocycles. The fourth-order valence-corrected chi connectivity index (χ4v) is 4.66. The molecule has 0 spiro atoms. The Morgan fingerprint density at radius 1 is 1.15 bits per heavy atom. The van der Waals surface area contributed by atoms with Crippen molar-refractivity contribution >= 4 is 69.1 Å². The SMILES string of the molecule is O=C(O)CN1C(=O)S/C(=C\c2ccc3c(c2)c(Cl)nn3Cc2ccc(Cl)cc2C(F)(F)F)C1=O. The Balaban J connectivity index is 1.67. The number of carboxylic acid groups (broad SMARTS) is 1. The van der Waals surface area contributed by atoms with Gasteiger partial charge < -0.3 is 5.11 Å². The van der Waals surface area contributed by atoms with Crippen LogP contribution in [0.5, 0.6) is 0 Å². The molecular formula is C21H12Cl2F3N3O4S. The summed E-state index contributed by atoms with van der Waals surface area (Å²) in [4.78, 5) is 35.8. The molecule has 13 heteroatoms. The maximum atomic E-state index is 13.4. The summed E-state index contributed by atoms with van der Waals surface area (Å²) in [5.41, 5.74) is -0.0101. The summed E-state index contributed by atoms with van der Waals surface area (Å²) in [6.07, 6.45) is -3.20. The van der Waals surface area contributed by atoms with Gasteiger partial charge in [-0.3, -0.25) is 24.0 Å². The van der Waals surface area contributed by atoms with Crippen LogP contribution >= 0.6 is 35.0 Å². The molecule has 1 fully saturated rings. The van der Waals surface area contributed by atoms with E-state index in [1.54, 1.807) is 18.2 Å². The smallest absolute Gasteiger partial charge is 0.416 e. The van der Waals surface area contributed by atoms with Crippen molar-refractivity contribution in [3.63, 3.8) is 0 Å². The van der Waals surface area contributed by atoms with E-state index < -0.39 is 35.4 Å². The first-order valence-corrected chi connectivity index (χ1v) is 11.0. The third-order valence-electron chi connectivity index (χ3n) is 4.89. The highest BCUT2D eigenvalue weighted by molar-refractivity contribution is 8.18. The minimum atomic E-state index is -4.61.